The molecule has 10 heteroatoms. The van der Waals surface area contributed by atoms with Crippen LogP contribution in [0.15, 0.2) is 119 Å². The van der Waals surface area contributed by atoms with Gasteiger partial charge in [-0.15, -0.1) is 0 Å². The molecule has 5 aromatic carbocycles. The van der Waals surface area contributed by atoms with E-state index in [9.17, 15) is 9.59 Å². The smallest absolute Gasteiger partial charge is 0.343 e. The zero-order valence-electron chi connectivity index (χ0n) is 34.5. The van der Waals surface area contributed by atoms with Crippen LogP contribution in [0.3, 0.4) is 0 Å². The third-order valence-corrected chi connectivity index (χ3v) is 10.2. The van der Waals surface area contributed by atoms with E-state index in [4.69, 9.17) is 42.1 Å². The second kappa shape index (κ2) is 25.2. The Hall–Kier alpha value is -5.44. The van der Waals surface area contributed by atoms with Crippen molar-refractivity contribution in [3.63, 3.8) is 0 Å². The summed E-state index contributed by atoms with van der Waals surface area (Å²) in [6, 6.07) is 31.0. The molecule has 0 aromatic heterocycles. The Bertz CT molecular complexity index is 2020. The van der Waals surface area contributed by atoms with E-state index in [-0.39, 0.29) is 11.5 Å². The summed E-state index contributed by atoms with van der Waals surface area (Å²) in [5, 5.41) is 1.02. The molecule has 0 heterocycles. The molecule has 5 rings (SSSR count). The van der Waals surface area contributed by atoms with Crippen molar-refractivity contribution in [2.24, 2.45) is 9.98 Å². The SMILES string of the molecule is CCCCCCCCOc1ccc(N=Cc2ccc(C(=O)Oc3cccc(OC(=O)c4ccc(C=Nc5ccc(OCCCCCCCC)c(Cl)c5)cc4)c3)cc2)cc1Cl. The van der Waals surface area contributed by atoms with Gasteiger partial charge in [0.25, 0.3) is 0 Å². The lowest BCUT2D eigenvalue weighted by atomic mass is 10.1. The highest BCUT2D eigenvalue weighted by Crippen LogP contribution is 2.31. The number of unbranched alkanes of at least 4 members (excludes halogenated alkanes) is 10. The van der Waals surface area contributed by atoms with Crippen LogP contribution in [0.2, 0.25) is 10.0 Å². The van der Waals surface area contributed by atoms with Gasteiger partial charge < -0.3 is 18.9 Å². The predicted octanol–water partition coefficient (Wildman–Crippen LogP) is 14.4. The number of hydrogen-bond acceptors (Lipinski definition) is 8. The minimum Gasteiger partial charge on any atom is -0.492 e. The molecule has 0 atom stereocenters. The van der Waals surface area contributed by atoms with Gasteiger partial charge in [-0.2, -0.15) is 0 Å². The summed E-state index contributed by atoms with van der Waals surface area (Å²) < 4.78 is 22.9. The first kappa shape index (κ1) is 45.6. The van der Waals surface area contributed by atoms with Gasteiger partial charge in [0.1, 0.15) is 23.0 Å². The van der Waals surface area contributed by atoms with E-state index in [1.807, 2.05) is 24.3 Å². The number of esters is 2. The molecule has 0 radical (unpaired) electrons. The fraction of sp³-hybridized carbons (Fsp3) is 0.320. The summed E-state index contributed by atoms with van der Waals surface area (Å²) in [5.41, 5.74) is 3.65. The fourth-order valence-electron chi connectivity index (χ4n) is 6.15. The highest BCUT2D eigenvalue weighted by atomic mass is 35.5. The van der Waals surface area contributed by atoms with Crippen molar-refractivity contribution >= 4 is 58.9 Å². The van der Waals surface area contributed by atoms with Gasteiger partial charge in [0.15, 0.2) is 0 Å². The summed E-state index contributed by atoms with van der Waals surface area (Å²) in [5.74, 6) is 0.651. The van der Waals surface area contributed by atoms with Gasteiger partial charge in [-0.3, -0.25) is 9.98 Å². The molecule has 8 nitrogen and oxygen atoms in total. The Morgan fingerprint density at radius 1 is 0.500 bits per heavy atom. The number of rotatable bonds is 24. The number of benzene rings is 5. The second-order valence-electron chi connectivity index (χ2n) is 14.5. The fourth-order valence-corrected chi connectivity index (χ4v) is 6.60. The molecule has 0 amide bonds. The van der Waals surface area contributed by atoms with Crippen molar-refractivity contribution in [2.75, 3.05) is 13.2 Å². The Morgan fingerprint density at radius 3 is 1.30 bits per heavy atom. The molecule has 0 bridgehead atoms. The average Bonchev–Trinajstić information content (AvgIpc) is 3.26. The summed E-state index contributed by atoms with van der Waals surface area (Å²) in [6.07, 6.45) is 17.7. The zero-order valence-corrected chi connectivity index (χ0v) is 36.1. The van der Waals surface area contributed by atoms with Crippen LogP contribution in [0, 0.1) is 0 Å². The number of hydrogen-bond donors (Lipinski definition) is 0. The Balaban J connectivity index is 1.06. The standard InChI is InChI=1S/C50H54Cl2N2O6/c1-3-5-7-9-11-13-30-57-47-28-26-41(32-45(47)51)53-35-37-18-22-39(23-19-37)49(55)59-43-16-15-17-44(34-43)60-50(56)40-24-20-38(21-25-40)36-54-42-27-29-48(46(52)33-42)58-31-14-12-10-8-6-4-2/h15-29,32-36H,3-14,30-31H2,1-2H3. The molecule has 314 valence electrons. The van der Waals surface area contributed by atoms with Crippen LogP contribution in [0.25, 0.3) is 0 Å². The van der Waals surface area contributed by atoms with E-state index < -0.39 is 11.9 Å². The molecule has 0 N–H and O–H groups in total. The van der Waals surface area contributed by atoms with Gasteiger partial charge in [0.2, 0.25) is 0 Å². The molecule has 0 fully saturated rings. The first-order chi connectivity index (χ1) is 29.3. The molecule has 0 saturated heterocycles. The van der Waals surface area contributed by atoms with E-state index in [2.05, 4.69) is 23.8 Å². The Labute approximate surface area is 364 Å². The number of carbonyl (C=O) groups excluding carboxylic acids is 2. The normalized spacial score (nSPS) is 11.3. The highest BCUT2D eigenvalue weighted by molar-refractivity contribution is 6.32. The Morgan fingerprint density at radius 2 is 0.900 bits per heavy atom. The lowest BCUT2D eigenvalue weighted by Gasteiger charge is -2.09. The molecule has 0 spiro atoms. The van der Waals surface area contributed by atoms with Gasteiger partial charge >= 0.3 is 11.9 Å². The molecule has 0 aliphatic heterocycles. The second-order valence-corrected chi connectivity index (χ2v) is 15.3. The van der Waals surface area contributed by atoms with E-state index in [0.717, 1.165) is 36.8 Å². The van der Waals surface area contributed by atoms with E-state index in [1.165, 1.54) is 57.4 Å². The van der Waals surface area contributed by atoms with Gasteiger partial charge in [0, 0.05) is 18.5 Å². The van der Waals surface area contributed by atoms with Crippen LogP contribution >= 0.6 is 23.2 Å². The minimum absolute atomic E-state index is 0.233. The zero-order chi connectivity index (χ0) is 42.4. The van der Waals surface area contributed by atoms with Crippen molar-refractivity contribution in [2.45, 2.75) is 90.9 Å². The third kappa shape index (κ3) is 15.6. The lowest BCUT2D eigenvalue weighted by molar-refractivity contribution is 0.0732. The number of nitrogens with zero attached hydrogens (tertiary/aromatic N) is 2. The molecule has 0 aliphatic rings. The molecule has 0 aliphatic carbocycles. The van der Waals surface area contributed by atoms with Crippen molar-refractivity contribution in [3.8, 4) is 23.0 Å². The largest absolute Gasteiger partial charge is 0.492 e. The molecular weight excluding hydrogens is 795 g/mol. The summed E-state index contributed by atoms with van der Waals surface area (Å²) in [4.78, 5) is 35.0. The first-order valence-electron chi connectivity index (χ1n) is 21.0. The topological polar surface area (TPSA) is 95.8 Å². The van der Waals surface area contributed by atoms with Gasteiger partial charge in [0.05, 0.1) is 45.8 Å². The number of aliphatic imine (C=N–C) groups is 2. The Kier molecular flexibility index (Phi) is 19.2. The van der Waals surface area contributed by atoms with Crippen LogP contribution in [-0.2, 0) is 0 Å². The van der Waals surface area contributed by atoms with Gasteiger partial charge in [-0.05, 0) is 96.8 Å². The summed E-state index contributed by atoms with van der Waals surface area (Å²) in [7, 11) is 0. The summed E-state index contributed by atoms with van der Waals surface area (Å²) in [6.45, 7) is 5.71. The van der Waals surface area contributed by atoms with E-state index in [1.54, 1.807) is 91.3 Å². The maximum absolute atomic E-state index is 13.0. The molecule has 0 saturated carbocycles. The predicted molar refractivity (Wildman–Crippen MR) is 244 cm³/mol. The molecule has 5 aromatic rings. The van der Waals surface area contributed by atoms with Crippen molar-refractivity contribution in [1.29, 1.82) is 0 Å². The average molecular weight is 850 g/mol. The van der Waals surface area contributed by atoms with Crippen LogP contribution in [0.4, 0.5) is 11.4 Å². The van der Waals surface area contributed by atoms with E-state index in [0.29, 0.717) is 57.3 Å². The van der Waals surface area contributed by atoms with Crippen molar-refractivity contribution < 1.29 is 28.5 Å². The third-order valence-electron chi connectivity index (χ3n) is 9.59. The quantitative estimate of drug-likeness (QED) is 0.0266. The first-order valence-corrected chi connectivity index (χ1v) is 21.7. The van der Waals surface area contributed by atoms with Gasteiger partial charge in [-0.25, -0.2) is 9.59 Å². The molecular formula is C50H54Cl2N2O6. The van der Waals surface area contributed by atoms with Crippen LogP contribution in [-0.4, -0.2) is 37.6 Å². The minimum atomic E-state index is -0.558. The maximum atomic E-state index is 13.0. The van der Waals surface area contributed by atoms with Crippen LogP contribution in [0.1, 0.15) is 123 Å². The van der Waals surface area contributed by atoms with Crippen LogP contribution in [0.5, 0.6) is 23.0 Å². The number of carbonyl (C=O) groups is 2. The van der Waals surface area contributed by atoms with Crippen molar-refractivity contribution in [1.82, 2.24) is 0 Å². The monoisotopic (exact) mass is 848 g/mol. The molecule has 60 heavy (non-hydrogen) atoms. The number of halogens is 2. The lowest BCUT2D eigenvalue weighted by Crippen LogP contribution is -2.10. The highest BCUT2D eigenvalue weighted by Gasteiger charge is 2.13. The maximum Gasteiger partial charge on any atom is 0.343 e. The van der Waals surface area contributed by atoms with Gasteiger partial charge in [-0.1, -0.05) is 132 Å². The summed E-state index contributed by atoms with van der Waals surface area (Å²) >= 11 is 12.9. The molecule has 0 unspecified atom stereocenters. The van der Waals surface area contributed by atoms with Crippen LogP contribution < -0.4 is 18.9 Å². The van der Waals surface area contributed by atoms with Crippen molar-refractivity contribution in [3.05, 3.63) is 141 Å². The van der Waals surface area contributed by atoms with E-state index >= 15 is 0 Å². The number of ether oxygens (including phenoxy) is 4.